The number of halogens is 2. The average Bonchev–Trinajstić information content (AvgIpc) is 2.54. The molecule has 0 atom stereocenters. The highest BCUT2D eigenvalue weighted by atomic mass is 35.5. The summed E-state index contributed by atoms with van der Waals surface area (Å²) in [5.74, 6) is -0.0870. The first-order valence-corrected chi connectivity index (χ1v) is 7.48. The maximum Gasteiger partial charge on any atom is 0.331 e. The van der Waals surface area contributed by atoms with Gasteiger partial charge in [0.2, 0.25) is 0 Å². The summed E-state index contributed by atoms with van der Waals surface area (Å²) >= 11 is 11.7. The normalized spacial score (nSPS) is 13.3. The maximum absolute atomic E-state index is 12.1. The number of anilines is 1. The lowest BCUT2D eigenvalue weighted by molar-refractivity contribution is -0.134. The Bertz CT molecular complexity index is 778. The van der Waals surface area contributed by atoms with Gasteiger partial charge in [0.05, 0.1) is 15.7 Å². The van der Waals surface area contributed by atoms with Crippen LogP contribution in [-0.2, 0) is 9.59 Å². The van der Waals surface area contributed by atoms with Crippen molar-refractivity contribution in [1.82, 2.24) is 0 Å². The Morgan fingerprint density at radius 2 is 1.96 bits per heavy atom. The fraction of sp³-hybridized carbons (Fsp3) is 0.125. The predicted octanol–water partition coefficient (Wildman–Crippen LogP) is 3.32. The van der Waals surface area contributed by atoms with E-state index >= 15 is 0 Å². The molecule has 0 spiro atoms. The Morgan fingerprint density at radius 3 is 2.74 bits per heavy atom. The molecule has 0 unspecified atom stereocenters. The Hall–Kier alpha value is -2.24. The fourth-order valence-corrected chi connectivity index (χ4v) is 2.45. The Balaban J connectivity index is 1.75. The minimum absolute atomic E-state index is 0.114. The number of amides is 1. The lowest BCUT2D eigenvalue weighted by Crippen LogP contribution is -2.43. The van der Waals surface area contributed by atoms with Crippen molar-refractivity contribution in [3.8, 4) is 11.5 Å². The highest BCUT2D eigenvalue weighted by Crippen LogP contribution is 2.31. The number of carbonyl (C=O) groups excluding carboxylic acids is 2. The van der Waals surface area contributed by atoms with Crippen molar-refractivity contribution >= 4 is 40.8 Å². The van der Waals surface area contributed by atoms with E-state index < -0.39 is 5.97 Å². The van der Waals surface area contributed by atoms with Gasteiger partial charge in [0.15, 0.2) is 6.61 Å². The first-order valence-electron chi connectivity index (χ1n) is 6.72. The van der Waals surface area contributed by atoms with Crippen molar-refractivity contribution < 1.29 is 19.1 Å². The molecule has 1 amide bonds. The molecular weight excluding hydrogens is 341 g/mol. The summed E-state index contributed by atoms with van der Waals surface area (Å²) in [7, 11) is 0. The molecule has 23 heavy (non-hydrogen) atoms. The zero-order valence-electron chi connectivity index (χ0n) is 11.8. The monoisotopic (exact) mass is 351 g/mol. The Labute approximate surface area is 142 Å². The molecular formula is C16H11Cl2NO4. The molecule has 1 aliphatic rings. The third-order valence-electron chi connectivity index (χ3n) is 3.22. The summed E-state index contributed by atoms with van der Waals surface area (Å²) < 4.78 is 10.5. The van der Waals surface area contributed by atoms with Crippen molar-refractivity contribution in [2.24, 2.45) is 0 Å². The molecule has 0 aliphatic carbocycles. The second-order valence-electron chi connectivity index (χ2n) is 4.79. The minimum atomic E-state index is -0.589. The number of hydrogen-bond donors (Lipinski definition) is 0. The van der Waals surface area contributed by atoms with E-state index in [-0.39, 0.29) is 29.8 Å². The van der Waals surface area contributed by atoms with E-state index in [1.165, 1.54) is 23.1 Å². The summed E-state index contributed by atoms with van der Waals surface area (Å²) in [5, 5.41) is 0.647. The maximum atomic E-state index is 12.1. The SMILES string of the molecule is O=C(CN1C(=O)COc2ccccc21)Oc1ccc(Cl)c(Cl)c1. The van der Waals surface area contributed by atoms with Crippen LogP contribution in [0.3, 0.4) is 0 Å². The summed E-state index contributed by atoms with van der Waals surface area (Å²) in [6.45, 7) is -0.337. The van der Waals surface area contributed by atoms with Crippen molar-refractivity contribution in [3.63, 3.8) is 0 Å². The number of rotatable bonds is 3. The second-order valence-corrected chi connectivity index (χ2v) is 5.60. The van der Waals surface area contributed by atoms with Crippen LogP contribution in [0.4, 0.5) is 5.69 Å². The van der Waals surface area contributed by atoms with Crippen LogP contribution < -0.4 is 14.4 Å². The highest BCUT2D eigenvalue weighted by Gasteiger charge is 2.27. The van der Waals surface area contributed by atoms with Crippen molar-refractivity contribution in [2.45, 2.75) is 0 Å². The topological polar surface area (TPSA) is 55.8 Å². The summed E-state index contributed by atoms with van der Waals surface area (Å²) in [4.78, 5) is 25.4. The molecule has 1 aliphatic heterocycles. The Morgan fingerprint density at radius 1 is 1.17 bits per heavy atom. The van der Waals surface area contributed by atoms with E-state index in [0.29, 0.717) is 16.5 Å². The van der Waals surface area contributed by atoms with Gasteiger partial charge < -0.3 is 9.47 Å². The molecule has 2 aromatic rings. The number of carbonyl (C=O) groups is 2. The molecule has 5 nitrogen and oxygen atoms in total. The van der Waals surface area contributed by atoms with Crippen LogP contribution in [0.15, 0.2) is 42.5 Å². The number of nitrogens with zero attached hydrogens (tertiary/aromatic N) is 1. The van der Waals surface area contributed by atoms with E-state index in [1.807, 2.05) is 0 Å². The van der Waals surface area contributed by atoms with Gasteiger partial charge in [-0.1, -0.05) is 35.3 Å². The molecule has 0 aromatic heterocycles. The molecule has 0 N–H and O–H groups in total. The van der Waals surface area contributed by atoms with Gasteiger partial charge in [-0.2, -0.15) is 0 Å². The van der Waals surface area contributed by atoms with E-state index in [9.17, 15) is 9.59 Å². The number of hydrogen-bond acceptors (Lipinski definition) is 4. The number of benzene rings is 2. The lowest BCUT2D eigenvalue weighted by atomic mass is 10.2. The van der Waals surface area contributed by atoms with Gasteiger partial charge in [-0.3, -0.25) is 9.69 Å². The molecule has 0 bridgehead atoms. The zero-order chi connectivity index (χ0) is 16.4. The fourth-order valence-electron chi connectivity index (χ4n) is 2.16. The quantitative estimate of drug-likeness (QED) is 0.628. The van der Waals surface area contributed by atoms with Crippen molar-refractivity contribution in [3.05, 3.63) is 52.5 Å². The van der Waals surface area contributed by atoms with Crippen LogP contribution in [0.2, 0.25) is 10.0 Å². The minimum Gasteiger partial charge on any atom is -0.482 e. The summed E-state index contributed by atoms with van der Waals surface area (Å²) in [6, 6.07) is 11.5. The smallest absolute Gasteiger partial charge is 0.331 e. The third-order valence-corrected chi connectivity index (χ3v) is 3.96. The zero-order valence-corrected chi connectivity index (χ0v) is 13.3. The van der Waals surface area contributed by atoms with Crippen LogP contribution in [0.5, 0.6) is 11.5 Å². The largest absolute Gasteiger partial charge is 0.482 e. The van der Waals surface area contributed by atoms with Gasteiger partial charge in [0.25, 0.3) is 5.91 Å². The van der Waals surface area contributed by atoms with Crippen LogP contribution in [0.25, 0.3) is 0 Å². The van der Waals surface area contributed by atoms with Gasteiger partial charge in [-0.15, -0.1) is 0 Å². The summed E-state index contributed by atoms with van der Waals surface area (Å²) in [6.07, 6.45) is 0. The summed E-state index contributed by atoms with van der Waals surface area (Å²) in [5.41, 5.74) is 0.537. The van der Waals surface area contributed by atoms with Crippen LogP contribution in [-0.4, -0.2) is 25.0 Å². The van der Waals surface area contributed by atoms with E-state index in [2.05, 4.69) is 0 Å². The van der Waals surface area contributed by atoms with Crippen LogP contribution in [0, 0.1) is 0 Å². The van der Waals surface area contributed by atoms with E-state index in [0.717, 1.165) is 0 Å². The molecule has 118 valence electrons. The molecule has 0 fully saturated rings. The first kappa shape index (κ1) is 15.6. The molecule has 2 aromatic carbocycles. The molecule has 0 saturated heterocycles. The molecule has 1 heterocycles. The van der Waals surface area contributed by atoms with Gasteiger partial charge in [0, 0.05) is 6.07 Å². The van der Waals surface area contributed by atoms with Crippen molar-refractivity contribution in [2.75, 3.05) is 18.1 Å². The first-order chi connectivity index (χ1) is 11.0. The molecule has 7 heteroatoms. The highest BCUT2D eigenvalue weighted by molar-refractivity contribution is 6.42. The molecule has 3 rings (SSSR count). The van der Waals surface area contributed by atoms with Crippen LogP contribution >= 0.6 is 23.2 Å². The number of para-hydroxylation sites is 2. The standard InChI is InChI=1S/C16H11Cl2NO4/c17-11-6-5-10(7-12(11)18)23-16(21)8-19-13-3-1-2-4-14(13)22-9-15(19)20/h1-7H,8-9H2. The van der Waals surface area contributed by atoms with Crippen molar-refractivity contribution in [1.29, 1.82) is 0 Å². The molecule has 0 saturated carbocycles. The van der Waals surface area contributed by atoms with Gasteiger partial charge in [-0.25, -0.2) is 4.79 Å². The predicted molar refractivity (Wildman–Crippen MR) is 86.4 cm³/mol. The second kappa shape index (κ2) is 6.48. The Kier molecular flexibility index (Phi) is 4.41. The lowest BCUT2D eigenvalue weighted by Gasteiger charge is -2.28. The van der Waals surface area contributed by atoms with Gasteiger partial charge in [-0.05, 0) is 24.3 Å². The number of ether oxygens (including phenoxy) is 2. The van der Waals surface area contributed by atoms with E-state index in [4.69, 9.17) is 32.7 Å². The number of fused-ring (bicyclic) bond motifs is 1. The van der Waals surface area contributed by atoms with Crippen LogP contribution in [0.1, 0.15) is 0 Å². The third kappa shape index (κ3) is 3.41. The van der Waals surface area contributed by atoms with Gasteiger partial charge in [0.1, 0.15) is 18.0 Å². The molecule has 0 radical (unpaired) electrons. The number of esters is 1. The average molecular weight is 352 g/mol. The van der Waals surface area contributed by atoms with E-state index in [1.54, 1.807) is 24.3 Å². The van der Waals surface area contributed by atoms with Gasteiger partial charge >= 0.3 is 5.97 Å².